The van der Waals surface area contributed by atoms with Crippen molar-refractivity contribution < 1.29 is 4.79 Å². The molecule has 102 valence electrons. The summed E-state index contributed by atoms with van der Waals surface area (Å²) >= 11 is 0. The minimum atomic E-state index is -0.0560. The van der Waals surface area contributed by atoms with Crippen molar-refractivity contribution in [3.05, 3.63) is 65.7 Å². The highest BCUT2D eigenvalue weighted by Crippen LogP contribution is 2.47. The number of benzene rings is 2. The Balaban J connectivity index is 1.67. The molecule has 1 amide bonds. The van der Waals surface area contributed by atoms with E-state index in [4.69, 9.17) is 5.73 Å². The maximum Gasteiger partial charge on any atom is 0.251 e. The minimum absolute atomic E-state index is 0.0560. The van der Waals surface area contributed by atoms with Crippen LogP contribution in [0.25, 0.3) is 0 Å². The van der Waals surface area contributed by atoms with Crippen molar-refractivity contribution in [3.63, 3.8) is 0 Å². The molecule has 2 aromatic rings. The first-order chi connectivity index (χ1) is 9.70. The Bertz CT molecular complexity index is 618. The Morgan fingerprint density at radius 1 is 1.10 bits per heavy atom. The summed E-state index contributed by atoms with van der Waals surface area (Å²) < 4.78 is 0. The first-order valence-corrected chi connectivity index (χ1v) is 6.89. The van der Waals surface area contributed by atoms with Gasteiger partial charge in [-0.25, -0.2) is 0 Å². The normalized spacial score (nSPS) is 15.6. The van der Waals surface area contributed by atoms with Gasteiger partial charge in [-0.05, 0) is 36.6 Å². The van der Waals surface area contributed by atoms with Crippen LogP contribution < -0.4 is 11.1 Å². The van der Waals surface area contributed by atoms with Gasteiger partial charge >= 0.3 is 0 Å². The lowest BCUT2D eigenvalue weighted by Gasteiger charge is -2.16. The van der Waals surface area contributed by atoms with Crippen LogP contribution in [-0.4, -0.2) is 12.5 Å². The first kappa shape index (κ1) is 12.7. The zero-order valence-corrected chi connectivity index (χ0v) is 11.3. The number of carbonyl (C=O) groups is 1. The monoisotopic (exact) mass is 266 g/mol. The van der Waals surface area contributed by atoms with Crippen molar-refractivity contribution in [2.75, 3.05) is 12.3 Å². The Morgan fingerprint density at radius 2 is 1.85 bits per heavy atom. The smallest absolute Gasteiger partial charge is 0.251 e. The van der Waals surface area contributed by atoms with E-state index in [2.05, 4.69) is 29.6 Å². The first-order valence-electron chi connectivity index (χ1n) is 6.89. The van der Waals surface area contributed by atoms with Crippen LogP contribution in [0.3, 0.4) is 0 Å². The topological polar surface area (TPSA) is 55.1 Å². The fourth-order valence-corrected chi connectivity index (χ4v) is 2.54. The molecule has 0 saturated heterocycles. The van der Waals surface area contributed by atoms with E-state index in [9.17, 15) is 4.79 Å². The summed E-state index contributed by atoms with van der Waals surface area (Å²) in [6.45, 7) is 0.685. The fourth-order valence-electron chi connectivity index (χ4n) is 2.54. The molecular weight excluding hydrogens is 248 g/mol. The summed E-state index contributed by atoms with van der Waals surface area (Å²) in [6.07, 6.45) is 2.27. The van der Waals surface area contributed by atoms with E-state index in [1.54, 1.807) is 24.3 Å². The largest absolute Gasteiger partial charge is 0.399 e. The molecule has 1 saturated carbocycles. The molecule has 0 unspecified atom stereocenters. The molecular formula is C17H18N2O. The Kier molecular flexibility index (Phi) is 3.18. The molecule has 3 rings (SSSR count). The van der Waals surface area contributed by atoms with Gasteiger partial charge in [0.15, 0.2) is 0 Å². The third-order valence-electron chi connectivity index (χ3n) is 3.98. The van der Waals surface area contributed by atoms with Crippen LogP contribution in [-0.2, 0) is 5.41 Å². The van der Waals surface area contributed by atoms with Crippen LogP contribution in [0.1, 0.15) is 28.8 Å². The van der Waals surface area contributed by atoms with Gasteiger partial charge in [0.2, 0.25) is 0 Å². The second-order valence-electron chi connectivity index (χ2n) is 5.45. The van der Waals surface area contributed by atoms with Gasteiger partial charge in [0.05, 0.1) is 0 Å². The molecule has 20 heavy (non-hydrogen) atoms. The summed E-state index contributed by atoms with van der Waals surface area (Å²) in [6, 6.07) is 17.5. The summed E-state index contributed by atoms with van der Waals surface area (Å²) in [7, 11) is 0. The summed E-state index contributed by atoms with van der Waals surface area (Å²) in [5, 5.41) is 3.03. The number of carbonyl (C=O) groups excluding carboxylic acids is 1. The number of hydrogen-bond donors (Lipinski definition) is 2. The molecule has 0 radical (unpaired) electrons. The highest BCUT2D eigenvalue weighted by atomic mass is 16.1. The average Bonchev–Trinajstić information content (AvgIpc) is 3.27. The van der Waals surface area contributed by atoms with Crippen LogP contribution >= 0.6 is 0 Å². The van der Waals surface area contributed by atoms with Crippen LogP contribution in [0.4, 0.5) is 5.69 Å². The molecule has 0 heterocycles. The van der Waals surface area contributed by atoms with Gasteiger partial charge < -0.3 is 11.1 Å². The molecule has 0 aromatic heterocycles. The molecule has 0 aliphatic heterocycles. The summed E-state index contributed by atoms with van der Waals surface area (Å²) in [4.78, 5) is 12.1. The Morgan fingerprint density at radius 3 is 2.50 bits per heavy atom. The second kappa shape index (κ2) is 5.00. The van der Waals surface area contributed by atoms with Gasteiger partial charge in [-0.3, -0.25) is 4.79 Å². The van der Waals surface area contributed by atoms with Crippen LogP contribution in [0.2, 0.25) is 0 Å². The fraction of sp³-hybridized carbons (Fsp3) is 0.235. The van der Waals surface area contributed by atoms with Crippen LogP contribution in [0.15, 0.2) is 54.6 Å². The zero-order chi connectivity index (χ0) is 14.0. The lowest BCUT2D eigenvalue weighted by atomic mass is 9.96. The van der Waals surface area contributed by atoms with E-state index in [0.717, 1.165) is 12.8 Å². The predicted octanol–water partition coefficient (Wildman–Crippen LogP) is 2.73. The Labute approximate surface area is 118 Å². The van der Waals surface area contributed by atoms with Crippen molar-refractivity contribution >= 4 is 11.6 Å². The molecule has 1 fully saturated rings. The second-order valence-corrected chi connectivity index (χ2v) is 5.45. The van der Waals surface area contributed by atoms with Gasteiger partial charge in [0, 0.05) is 23.2 Å². The van der Waals surface area contributed by atoms with Gasteiger partial charge in [-0.1, -0.05) is 36.4 Å². The number of amides is 1. The molecule has 1 aliphatic carbocycles. The predicted molar refractivity (Wildman–Crippen MR) is 80.5 cm³/mol. The maximum atomic E-state index is 12.1. The molecule has 3 heteroatoms. The number of anilines is 1. The van der Waals surface area contributed by atoms with Crippen molar-refractivity contribution in [2.24, 2.45) is 0 Å². The SMILES string of the molecule is Nc1cccc(C(=O)NCC2(c3ccccc3)CC2)c1. The number of nitrogens with two attached hydrogens (primary N) is 1. The van der Waals surface area contributed by atoms with Gasteiger partial charge in [-0.2, -0.15) is 0 Å². The highest BCUT2D eigenvalue weighted by Gasteiger charge is 2.44. The average molecular weight is 266 g/mol. The van der Waals surface area contributed by atoms with E-state index in [0.29, 0.717) is 17.8 Å². The van der Waals surface area contributed by atoms with Crippen LogP contribution in [0.5, 0.6) is 0 Å². The number of hydrogen-bond acceptors (Lipinski definition) is 2. The lowest BCUT2D eigenvalue weighted by molar-refractivity contribution is 0.0949. The van der Waals surface area contributed by atoms with E-state index in [1.165, 1.54) is 5.56 Å². The molecule has 0 spiro atoms. The minimum Gasteiger partial charge on any atom is -0.399 e. The highest BCUT2D eigenvalue weighted by molar-refractivity contribution is 5.95. The van der Waals surface area contributed by atoms with Crippen LogP contribution in [0, 0.1) is 0 Å². The standard InChI is InChI=1S/C17H18N2O/c18-15-8-4-5-13(11-15)16(20)19-12-17(9-10-17)14-6-2-1-3-7-14/h1-8,11H,9-10,12,18H2,(H,19,20). The van der Waals surface area contributed by atoms with Crippen molar-refractivity contribution in [3.8, 4) is 0 Å². The maximum absolute atomic E-state index is 12.1. The van der Waals surface area contributed by atoms with Crippen molar-refractivity contribution in [1.82, 2.24) is 5.32 Å². The lowest BCUT2D eigenvalue weighted by Crippen LogP contribution is -2.32. The molecule has 3 nitrogen and oxygen atoms in total. The van der Waals surface area contributed by atoms with Gasteiger partial charge in [0.1, 0.15) is 0 Å². The van der Waals surface area contributed by atoms with Crippen molar-refractivity contribution in [1.29, 1.82) is 0 Å². The van der Waals surface area contributed by atoms with E-state index < -0.39 is 0 Å². The molecule has 2 aromatic carbocycles. The van der Waals surface area contributed by atoms with Crippen molar-refractivity contribution in [2.45, 2.75) is 18.3 Å². The van der Waals surface area contributed by atoms with E-state index >= 15 is 0 Å². The third-order valence-corrected chi connectivity index (χ3v) is 3.98. The van der Waals surface area contributed by atoms with E-state index in [1.807, 2.05) is 6.07 Å². The molecule has 0 atom stereocenters. The number of nitrogen functional groups attached to an aromatic ring is 1. The summed E-state index contributed by atoms with van der Waals surface area (Å²) in [5.74, 6) is -0.0560. The molecule has 1 aliphatic rings. The van der Waals surface area contributed by atoms with Gasteiger partial charge in [-0.15, -0.1) is 0 Å². The molecule has 3 N–H and O–H groups in total. The quantitative estimate of drug-likeness (QED) is 0.836. The number of nitrogens with one attached hydrogen (secondary N) is 1. The Hall–Kier alpha value is -2.29. The molecule has 0 bridgehead atoms. The third kappa shape index (κ3) is 2.52. The summed E-state index contributed by atoms with van der Waals surface area (Å²) in [5.41, 5.74) is 8.38. The zero-order valence-electron chi connectivity index (χ0n) is 11.3. The number of rotatable bonds is 4. The van der Waals surface area contributed by atoms with Gasteiger partial charge in [0.25, 0.3) is 5.91 Å². The van der Waals surface area contributed by atoms with E-state index in [-0.39, 0.29) is 11.3 Å².